The largest absolute Gasteiger partial charge is 0.488 e. The molecule has 1 aromatic carbocycles. The van der Waals surface area contributed by atoms with E-state index in [1.807, 2.05) is 6.92 Å². The molecule has 98 valence electrons. The van der Waals surface area contributed by atoms with Gasteiger partial charge in [0.15, 0.2) is 0 Å². The van der Waals surface area contributed by atoms with E-state index in [0.29, 0.717) is 12.2 Å². The highest BCUT2D eigenvalue weighted by molar-refractivity contribution is 5.92. The number of benzene rings is 1. The third kappa shape index (κ3) is 1.84. The van der Waals surface area contributed by atoms with Gasteiger partial charge in [-0.2, -0.15) is 0 Å². The molecule has 0 saturated heterocycles. The number of aryl methyl sites for hydroxylation is 2. The molecular weight excluding hydrogens is 224 g/mol. The average molecular weight is 246 g/mol. The fourth-order valence-electron chi connectivity index (χ4n) is 2.52. The Labute approximate surface area is 109 Å². The van der Waals surface area contributed by atoms with Crippen LogP contribution in [0.15, 0.2) is 12.1 Å². The molecule has 2 heteroatoms. The van der Waals surface area contributed by atoms with Crippen molar-refractivity contribution in [1.29, 1.82) is 0 Å². The second-order valence-corrected chi connectivity index (χ2v) is 5.66. The number of rotatable bonds is 3. The van der Waals surface area contributed by atoms with Crippen LogP contribution in [0.1, 0.15) is 43.4 Å². The van der Waals surface area contributed by atoms with Gasteiger partial charge in [-0.25, -0.2) is 0 Å². The molecule has 0 spiro atoms. The SMILES string of the molecule is CCC1(C)C(=O)CC1Oc1c(C)ccc(C)c1C. The zero-order valence-electron chi connectivity index (χ0n) is 12.0. The topological polar surface area (TPSA) is 26.3 Å². The van der Waals surface area contributed by atoms with E-state index in [9.17, 15) is 4.79 Å². The smallest absolute Gasteiger partial charge is 0.146 e. The van der Waals surface area contributed by atoms with Gasteiger partial charge in [0, 0.05) is 6.42 Å². The van der Waals surface area contributed by atoms with Gasteiger partial charge in [0.25, 0.3) is 0 Å². The van der Waals surface area contributed by atoms with Gasteiger partial charge in [0.2, 0.25) is 0 Å². The Bertz CT molecular complexity index is 490. The van der Waals surface area contributed by atoms with Crippen LogP contribution in [0.25, 0.3) is 0 Å². The van der Waals surface area contributed by atoms with Gasteiger partial charge in [-0.15, -0.1) is 0 Å². The van der Waals surface area contributed by atoms with Crippen LogP contribution in [-0.2, 0) is 4.79 Å². The fourth-order valence-corrected chi connectivity index (χ4v) is 2.52. The van der Waals surface area contributed by atoms with Gasteiger partial charge < -0.3 is 4.74 Å². The predicted molar refractivity (Wildman–Crippen MR) is 73.1 cm³/mol. The second kappa shape index (κ2) is 4.42. The Morgan fingerprint density at radius 1 is 1.28 bits per heavy atom. The molecule has 2 unspecified atom stereocenters. The quantitative estimate of drug-likeness (QED) is 0.812. The standard InChI is InChI=1S/C16H22O2/c1-6-16(5)13(17)9-14(16)18-15-11(3)8-7-10(2)12(15)4/h7-8,14H,6,9H2,1-5H3. The number of carbonyl (C=O) groups is 1. The number of hydrogen-bond donors (Lipinski definition) is 0. The molecule has 0 aromatic heterocycles. The highest BCUT2D eigenvalue weighted by Gasteiger charge is 2.51. The lowest BCUT2D eigenvalue weighted by molar-refractivity contribution is -0.150. The van der Waals surface area contributed by atoms with Crippen molar-refractivity contribution < 1.29 is 9.53 Å². The van der Waals surface area contributed by atoms with Crippen molar-refractivity contribution in [3.05, 3.63) is 28.8 Å². The molecule has 2 nitrogen and oxygen atoms in total. The molecule has 2 atom stereocenters. The molecule has 18 heavy (non-hydrogen) atoms. The molecule has 1 fully saturated rings. The number of Topliss-reactive ketones (excluding diaryl/α,β-unsaturated/α-hetero) is 1. The second-order valence-electron chi connectivity index (χ2n) is 5.66. The maximum Gasteiger partial charge on any atom is 0.146 e. The van der Waals surface area contributed by atoms with Crippen LogP contribution in [0, 0.1) is 26.2 Å². The third-order valence-electron chi connectivity index (χ3n) is 4.59. The first-order valence-corrected chi connectivity index (χ1v) is 6.67. The van der Waals surface area contributed by atoms with Crippen molar-refractivity contribution in [3.8, 4) is 5.75 Å². The zero-order valence-corrected chi connectivity index (χ0v) is 12.0. The predicted octanol–water partition coefficient (Wildman–Crippen LogP) is 3.75. The van der Waals surface area contributed by atoms with E-state index < -0.39 is 0 Å². The first kappa shape index (κ1) is 13.1. The van der Waals surface area contributed by atoms with Gasteiger partial charge in [-0.1, -0.05) is 19.1 Å². The van der Waals surface area contributed by atoms with Gasteiger partial charge in [0.05, 0.1) is 5.41 Å². The number of ether oxygens (including phenoxy) is 1. The molecular formula is C16H22O2. The van der Waals surface area contributed by atoms with Gasteiger partial charge in [-0.05, 0) is 50.8 Å². The Hall–Kier alpha value is -1.31. The van der Waals surface area contributed by atoms with Crippen LogP contribution in [0.4, 0.5) is 0 Å². The molecule has 0 amide bonds. The summed E-state index contributed by atoms with van der Waals surface area (Å²) in [5.74, 6) is 1.30. The lowest BCUT2D eigenvalue weighted by Gasteiger charge is -2.44. The minimum Gasteiger partial charge on any atom is -0.488 e. The van der Waals surface area contributed by atoms with Crippen molar-refractivity contribution >= 4 is 5.78 Å². The molecule has 1 aromatic rings. The van der Waals surface area contributed by atoms with E-state index in [1.165, 1.54) is 11.1 Å². The van der Waals surface area contributed by atoms with Crippen LogP contribution in [0.3, 0.4) is 0 Å². The third-order valence-corrected chi connectivity index (χ3v) is 4.59. The summed E-state index contributed by atoms with van der Waals surface area (Å²) in [4.78, 5) is 11.7. The summed E-state index contributed by atoms with van der Waals surface area (Å²) in [5.41, 5.74) is 3.28. The van der Waals surface area contributed by atoms with Crippen molar-refractivity contribution in [3.63, 3.8) is 0 Å². The fraction of sp³-hybridized carbons (Fsp3) is 0.562. The molecule has 0 N–H and O–H groups in total. The van der Waals surface area contributed by atoms with Crippen LogP contribution in [0.2, 0.25) is 0 Å². The Morgan fingerprint density at radius 3 is 2.44 bits per heavy atom. The van der Waals surface area contributed by atoms with Gasteiger partial charge >= 0.3 is 0 Å². The number of ketones is 1. The molecule has 0 aliphatic heterocycles. The highest BCUT2D eigenvalue weighted by Crippen LogP contribution is 2.43. The molecule has 0 radical (unpaired) electrons. The maximum atomic E-state index is 11.7. The van der Waals surface area contributed by atoms with Crippen molar-refractivity contribution in [1.82, 2.24) is 0 Å². The molecule has 0 bridgehead atoms. The summed E-state index contributed by atoms with van der Waals surface area (Å²) < 4.78 is 6.15. The lowest BCUT2D eigenvalue weighted by atomic mass is 9.64. The van der Waals surface area contributed by atoms with Crippen molar-refractivity contribution in [2.45, 2.75) is 53.6 Å². The Kier molecular flexibility index (Phi) is 3.22. The molecule has 1 aliphatic rings. The van der Waals surface area contributed by atoms with Crippen LogP contribution in [0.5, 0.6) is 5.75 Å². The molecule has 0 heterocycles. The van der Waals surface area contributed by atoms with E-state index in [4.69, 9.17) is 4.74 Å². The number of carbonyl (C=O) groups excluding carboxylic acids is 1. The van der Waals surface area contributed by atoms with E-state index >= 15 is 0 Å². The highest BCUT2D eigenvalue weighted by atomic mass is 16.5. The van der Waals surface area contributed by atoms with E-state index in [0.717, 1.165) is 17.7 Å². The van der Waals surface area contributed by atoms with Crippen LogP contribution >= 0.6 is 0 Å². The van der Waals surface area contributed by atoms with E-state index in [2.05, 4.69) is 39.8 Å². The van der Waals surface area contributed by atoms with Crippen molar-refractivity contribution in [2.24, 2.45) is 5.41 Å². The monoisotopic (exact) mass is 246 g/mol. The normalized spacial score (nSPS) is 26.9. The zero-order chi connectivity index (χ0) is 13.5. The summed E-state index contributed by atoms with van der Waals surface area (Å²) in [6, 6.07) is 4.20. The average Bonchev–Trinajstić information content (AvgIpc) is 2.36. The minimum absolute atomic E-state index is 0.0363. The van der Waals surface area contributed by atoms with E-state index in [1.54, 1.807) is 0 Å². The number of hydrogen-bond acceptors (Lipinski definition) is 2. The Balaban J connectivity index is 2.26. The maximum absolute atomic E-state index is 11.7. The lowest BCUT2D eigenvalue weighted by Crippen LogP contribution is -2.54. The molecule has 1 aliphatic carbocycles. The van der Waals surface area contributed by atoms with Gasteiger partial charge in [0.1, 0.15) is 17.6 Å². The minimum atomic E-state index is -0.289. The summed E-state index contributed by atoms with van der Waals surface area (Å²) >= 11 is 0. The molecule has 2 rings (SSSR count). The summed E-state index contributed by atoms with van der Waals surface area (Å²) in [6.07, 6.45) is 1.44. The summed E-state index contributed by atoms with van der Waals surface area (Å²) in [7, 11) is 0. The summed E-state index contributed by atoms with van der Waals surface area (Å²) in [5, 5.41) is 0. The van der Waals surface area contributed by atoms with Crippen LogP contribution < -0.4 is 4.74 Å². The van der Waals surface area contributed by atoms with E-state index in [-0.39, 0.29) is 11.5 Å². The van der Waals surface area contributed by atoms with Gasteiger partial charge in [-0.3, -0.25) is 4.79 Å². The summed E-state index contributed by atoms with van der Waals surface area (Å²) in [6.45, 7) is 10.3. The molecule has 1 saturated carbocycles. The Morgan fingerprint density at radius 2 is 1.89 bits per heavy atom. The first-order valence-electron chi connectivity index (χ1n) is 6.67. The van der Waals surface area contributed by atoms with Crippen LogP contribution in [-0.4, -0.2) is 11.9 Å². The van der Waals surface area contributed by atoms with Crippen molar-refractivity contribution in [2.75, 3.05) is 0 Å². The first-order chi connectivity index (χ1) is 8.40.